The molecule has 0 atom stereocenters. The Morgan fingerprint density at radius 3 is 2.73 bits per heavy atom. The normalized spacial score (nSPS) is 11.4. The van der Waals surface area contributed by atoms with Gasteiger partial charge in [0.2, 0.25) is 5.91 Å². The summed E-state index contributed by atoms with van der Waals surface area (Å²) in [5.74, 6) is -0.904. The van der Waals surface area contributed by atoms with Crippen molar-refractivity contribution >= 4 is 17.7 Å². The highest BCUT2D eigenvalue weighted by Gasteiger charge is 2.34. The Balaban J connectivity index is 2.92. The van der Waals surface area contributed by atoms with Crippen LogP contribution >= 0.6 is 11.8 Å². The first-order chi connectivity index (χ1) is 6.91. The number of hydrogen-bond acceptors (Lipinski definition) is 3. The van der Waals surface area contributed by atoms with Crippen molar-refractivity contribution in [2.45, 2.75) is 11.2 Å². The number of aromatic nitrogens is 1. The van der Waals surface area contributed by atoms with Crippen LogP contribution in [0.15, 0.2) is 23.4 Å². The minimum absolute atomic E-state index is 0.222. The van der Waals surface area contributed by atoms with Gasteiger partial charge in [0.1, 0.15) is 5.03 Å². The van der Waals surface area contributed by atoms with Gasteiger partial charge in [-0.25, -0.2) is 4.98 Å². The molecule has 82 valence electrons. The van der Waals surface area contributed by atoms with E-state index in [4.69, 9.17) is 5.73 Å². The quantitative estimate of drug-likeness (QED) is 0.812. The van der Waals surface area contributed by atoms with Crippen LogP contribution in [0.25, 0.3) is 0 Å². The summed E-state index contributed by atoms with van der Waals surface area (Å²) in [6.07, 6.45) is -3.23. The van der Waals surface area contributed by atoms with Crippen LogP contribution in [0.4, 0.5) is 13.2 Å². The molecule has 0 aliphatic heterocycles. The average Bonchev–Trinajstić information content (AvgIpc) is 2.13. The van der Waals surface area contributed by atoms with E-state index >= 15 is 0 Å². The van der Waals surface area contributed by atoms with Gasteiger partial charge in [-0.1, -0.05) is 11.8 Å². The van der Waals surface area contributed by atoms with E-state index in [9.17, 15) is 18.0 Å². The Bertz CT molecular complexity index is 367. The lowest BCUT2D eigenvalue weighted by Gasteiger charge is -2.09. The molecule has 7 heteroatoms. The van der Waals surface area contributed by atoms with Crippen LogP contribution in [-0.4, -0.2) is 16.6 Å². The molecule has 3 nitrogen and oxygen atoms in total. The van der Waals surface area contributed by atoms with Crippen molar-refractivity contribution < 1.29 is 18.0 Å². The Hall–Kier alpha value is -1.24. The van der Waals surface area contributed by atoms with Gasteiger partial charge in [0.05, 0.1) is 11.3 Å². The van der Waals surface area contributed by atoms with Crippen molar-refractivity contribution in [3.8, 4) is 0 Å². The Kier molecular flexibility index (Phi) is 3.57. The maximum atomic E-state index is 12.4. The highest BCUT2D eigenvalue weighted by Crippen LogP contribution is 2.34. The molecular formula is C8H7F3N2OS. The van der Waals surface area contributed by atoms with Crippen LogP contribution in [-0.2, 0) is 11.0 Å². The molecule has 0 aliphatic rings. The van der Waals surface area contributed by atoms with Crippen molar-refractivity contribution in [3.05, 3.63) is 23.9 Å². The van der Waals surface area contributed by atoms with Gasteiger partial charge in [0, 0.05) is 6.20 Å². The Labute approximate surface area is 87.9 Å². The number of carbonyl (C=O) groups excluding carboxylic acids is 1. The lowest BCUT2D eigenvalue weighted by atomic mass is 10.3. The summed E-state index contributed by atoms with van der Waals surface area (Å²) < 4.78 is 37.2. The zero-order chi connectivity index (χ0) is 11.5. The molecule has 0 unspecified atom stereocenters. The summed E-state index contributed by atoms with van der Waals surface area (Å²) in [6.45, 7) is 0. The SMILES string of the molecule is NC(=O)CSc1ncccc1C(F)(F)F. The van der Waals surface area contributed by atoms with Gasteiger partial charge in [-0.2, -0.15) is 13.2 Å². The summed E-state index contributed by atoms with van der Waals surface area (Å²) >= 11 is 0.676. The van der Waals surface area contributed by atoms with Crippen LogP contribution in [0.1, 0.15) is 5.56 Å². The maximum absolute atomic E-state index is 12.4. The minimum atomic E-state index is -4.46. The minimum Gasteiger partial charge on any atom is -0.369 e. The van der Waals surface area contributed by atoms with Gasteiger partial charge in [-0.15, -0.1) is 0 Å². The summed E-state index contributed by atoms with van der Waals surface area (Å²) in [4.78, 5) is 14.0. The third-order valence-corrected chi connectivity index (χ3v) is 2.46. The third kappa shape index (κ3) is 3.43. The van der Waals surface area contributed by atoms with Crippen LogP contribution < -0.4 is 5.73 Å². The van der Waals surface area contributed by atoms with Crippen molar-refractivity contribution in [2.24, 2.45) is 5.73 Å². The number of amides is 1. The van der Waals surface area contributed by atoms with E-state index in [0.717, 1.165) is 6.07 Å². The van der Waals surface area contributed by atoms with Crippen molar-refractivity contribution in [1.29, 1.82) is 0 Å². The van der Waals surface area contributed by atoms with E-state index in [-0.39, 0.29) is 10.8 Å². The topological polar surface area (TPSA) is 56.0 Å². The molecule has 0 saturated carbocycles. The number of halogens is 3. The first kappa shape index (κ1) is 11.8. The average molecular weight is 236 g/mol. The molecule has 1 aromatic heterocycles. The van der Waals surface area contributed by atoms with Crippen LogP contribution in [0.2, 0.25) is 0 Å². The Morgan fingerprint density at radius 1 is 1.53 bits per heavy atom. The number of thioether (sulfide) groups is 1. The second kappa shape index (κ2) is 4.52. The molecule has 0 aromatic carbocycles. The number of primary amides is 1. The zero-order valence-electron chi connectivity index (χ0n) is 7.41. The van der Waals surface area contributed by atoms with Gasteiger partial charge in [0.25, 0.3) is 0 Å². The van der Waals surface area contributed by atoms with E-state index in [0.29, 0.717) is 11.8 Å². The predicted molar refractivity (Wildman–Crippen MR) is 49.2 cm³/mol. The smallest absolute Gasteiger partial charge is 0.369 e. The zero-order valence-corrected chi connectivity index (χ0v) is 8.23. The molecule has 0 bridgehead atoms. The molecule has 0 spiro atoms. The number of nitrogens with zero attached hydrogens (tertiary/aromatic N) is 1. The standard InChI is InChI=1S/C8H7F3N2OS/c9-8(10,11)5-2-1-3-13-7(5)15-4-6(12)14/h1-3H,4H2,(H2,12,14). The van der Waals surface area contributed by atoms with E-state index in [1.54, 1.807) is 0 Å². The number of rotatable bonds is 3. The monoisotopic (exact) mass is 236 g/mol. The maximum Gasteiger partial charge on any atom is 0.419 e. The van der Waals surface area contributed by atoms with Gasteiger partial charge in [-0.3, -0.25) is 4.79 Å². The molecular weight excluding hydrogens is 229 g/mol. The molecule has 0 saturated heterocycles. The van der Waals surface area contributed by atoms with Crippen molar-refractivity contribution in [3.63, 3.8) is 0 Å². The fraction of sp³-hybridized carbons (Fsp3) is 0.250. The second-order valence-corrected chi connectivity index (χ2v) is 3.57. The van der Waals surface area contributed by atoms with Crippen LogP contribution in [0.3, 0.4) is 0 Å². The number of carbonyl (C=O) groups is 1. The van der Waals surface area contributed by atoms with Crippen LogP contribution in [0.5, 0.6) is 0 Å². The highest BCUT2D eigenvalue weighted by atomic mass is 32.2. The third-order valence-electron chi connectivity index (χ3n) is 1.43. The first-order valence-corrected chi connectivity index (χ1v) is 4.83. The van der Waals surface area contributed by atoms with E-state index < -0.39 is 17.6 Å². The Morgan fingerprint density at radius 2 is 2.20 bits per heavy atom. The van der Waals surface area contributed by atoms with Gasteiger partial charge < -0.3 is 5.73 Å². The van der Waals surface area contributed by atoms with Gasteiger partial charge >= 0.3 is 6.18 Å². The first-order valence-electron chi connectivity index (χ1n) is 3.84. The largest absolute Gasteiger partial charge is 0.419 e. The molecule has 1 rings (SSSR count). The van der Waals surface area contributed by atoms with Crippen molar-refractivity contribution in [2.75, 3.05) is 5.75 Å². The number of nitrogens with two attached hydrogens (primary N) is 1. The summed E-state index contributed by atoms with van der Waals surface area (Å²) in [6, 6.07) is 2.10. The lowest BCUT2D eigenvalue weighted by Crippen LogP contribution is -2.14. The molecule has 1 aromatic rings. The van der Waals surface area contributed by atoms with Crippen molar-refractivity contribution in [1.82, 2.24) is 4.98 Å². The number of hydrogen-bond donors (Lipinski definition) is 1. The molecule has 0 aliphatic carbocycles. The van der Waals surface area contributed by atoms with E-state index in [1.807, 2.05) is 0 Å². The lowest BCUT2D eigenvalue weighted by molar-refractivity contribution is -0.140. The van der Waals surface area contributed by atoms with E-state index in [1.165, 1.54) is 12.3 Å². The second-order valence-electron chi connectivity index (χ2n) is 2.61. The fourth-order valence-electron chi connectivity index (χ4n) is 0.861. The van der Waals surface area contributed by atoms with Gasteiger partial charge in [0.15, 0.2) is 0 Å². The van der Waals surface area contributed by atoms with E-state index in [2.05, 4.69) is 4.98 Å². The number of pyridine rings is 1. The molecule has 15 heavy (non-hydrogen) atoms. The fourth-order valence-corrected chi connectivity index (χ4v) is 1.61. The summed E-state index contributed by atoms with van der Waals surface area (Å²) in [5, 5.41) is -0.233. The molecule has 0 radical (unpaired) electrons. The summed E-state index contributed by atoms with van der Waals surface area (Å²) in [7, 11) is 0. The molecule has 2 N–H and O–H groups in total. The summed E-state index contributed by atoms with van der Waals surface area (Å²) in [5.41, 5.74) is 3.98. The highest BCUT2D eigenvalue weighted by molar-refractivity contribution is 7.99. The molecule has 1 heterocycles. The molecule has 1 amide bonds. The molecule has 0 fully saturated rings. The number of alkyl halides is 3. The predicted octanol–water partition coefficient (Wildman–Crippen LogP) is 1.68. The van der Waals surface area contributed by atoms with Gasteiger partial charge in [-0.05, 0) is 12.1 Å². The van der Waals surface area contributed by atoms with Crippen LogP contribution in [0, 0.1) is 0 Å².